The normalized spacial score (nSPS) is 10.2. The van der Waals surface area contributed by atoms with Crippen molar-refractivity contribution in [1.82, 2.24) is 0 Å². The van der Waals surface area contributed by atoms with Crippen LogP contribution in [-0.2, 0) is 9.59 Å². The maximum absolute atomic E-state index is 12.3. The number of nitrogens with one attached hydrogen (secondary N) is 3. The maximum Gasteiger partial charge on any atom is 0.226 e. The fourth-order valence-corrected chi connectivity index (χ4v) is 2.57. The van der Waals surface area contributed by atoms with Crippen LogP contribution in [0, 0.1) is 6.92 Å². The van der Waals surface area contributed by atoms with Crippen molar-refractivity contribution >= 4 is 40.5 Å². The monoisotopic (exact) mass is 375 g/mol. The van der Waals surface area contributed by atoms with Gasteiger partial charge in [-0.1, -0.05) is 17.7 Å². The van der Waals surface area contributed by atoms with Crippen molar-refractivity contribution in [2.75, 3.05) is 29.6 Å². The number of anilines is 3. The van der Waals surface area contributed by atoms with Crippen LogP contribution in [0.1, 0.15) is 18.9 Å². The van der Waals surface area contributed by atoms with Crippen molar-refractivity contribution in [1.29, 1.82) is 0 Å². The van der Waals surface area contributed by atoms with Crippen LogP contribution in [0.3, 0.4) is 0 Å². The topological polar surface area (TPSA) is 79.5 Å². The van der Waals surface area contributed by atoms with Crippen LogP contribution in [0.5, 0.6) is 5.75 Å². The molecule has 3 N–H and O–H groups in total. The molecule has 0 heterocycles. The quantitative estimate of drug-likeness (QED) is 0.682. The fraction of sp³-hybridized carbons (Fsp3) is 0.263. The number of carbonyl (C=O) groups is 2. The predicted octanol–water partition coefficient (Wildman–Crippen LogP) is 4.06. The Kier molecular flexibility index (Phi) is 6.86. The molecule has 2 aromatic rings. The summed E-state index contributed by atoms with van der Waals surface area (Å²) in [6.45, 7) is 3.75. The molecule has 0 atom stereocenters. The molecule has 138 valence electrons. The van der Waals surface area contributed by atoms with Crippen molar-refractivity contribution in [2.24, 2.45) is 0 Å². The lowest BCUT2D eigenvalue weighted by molar-refractivity contribution is -0.116. The molecule has 0 spiro atoms. The number of hydrogen-bond donors (Lipinski definition) is 3. The molecule has 0 fully saturated rings. The van der Waals surface area contributed by atoms with Gasteiger partial charge in [0.15, 0.2) is 0 Å². The van der Waals surface area contributed by atoms with Gasteiger partial charge in [0.1, 0.15) is 5.75 Å². The second-order valence-electron chi connectivity index (χ2n) is 5.80. The van der Waals surface area contributed by atoms with E-state index in [1.807, 2.05) is 19.1 Å². The molecule has 0 saturated heterocycles. The van der Waals surface area contributed by atoms with Gasteiger partial charge in [-0.25, -0.2) is 0 Å². The van der Waals surface area contributed by atoms with Crippen LogP contribution in [0.25, 0.3) is 0 Å². The Morgan fingerprint density at radius 2 is 1.81 bits per heavy atom. The SMILES string of the molecule is COc1ccc(Cl)cc1NCCC(=O)Nc1cc(C)ccc1NC(C)=O. The average Bonchev–Trinajstić information content (AvgIpc) is 2.57. The third-order valence-corrected chi connectivity index (χ3v) is 3.82. The number of halogens is 1. The van der Waals surface area contributed by atoms with Gasteiger partial charge in [0.05, 0.1) is 24.2 Å². The zero-order valence-electron chi connectivity index (χ0n) is 15.0. The van der Waals surface area contributed by atoms with E-state index < -0.39 is 0 Å². The van der Waals surface area contributed by atoms with E-state index >= 15 is 0 Å². The van der Waals surface area contributed by atoms with Crippen LogP contribution >= 0.6 is 11.6 Å². The Hall–Kier alpha value is -2.73. The van der Waals surface area contributed by atoms with Crippen LogP contribution < -0.4 is 20.7 Å². The summed E-state index contributed by atoms with van der Waals surface area (Å²) in [5, 5.41) is 9.26. The third kappa shape index (κ3) is 5.67. The van der Waals surface area contributed by atoms with Crippen molar-refractivity contribution in [3.8, 4) is 5.75 Å². The molecule has 0 bridgehead atoms. The standard InChI is InChI=1S/C19H22ClN3O3/c1-12-4-6-15(22-13(2)24)16(10-12)23-19(25)8-9-21-17-11-14(20)5-7-18(17)26-3/h4-7,10-11,21H,8-9H2,1-3H3,(H,22,24)(H,23,25). The van der Waals surface area contributed by atoms with E-state index in [9.17, 15) is 9.59 Å². The van der Waals surface area contributed by atoms with E-state index in [-0.39, 0.29) is 18.2 Å². The first-order valence-electron chi connectivity index (χ1n) is 8.14. The van der Waals surface area contributed by atoms with E-state index in [0.29, 0.717) is 28.7 Å². The van der Waals surface area contributed by atoms with Gasteiger partial charge in [-0.15, -0.1) is 0 Å². The number of rotatable bonds is 7. The molecular weight excluding hydrogens is 354 g/mol. The van der Waals surface area contributed by atoms with Gasteiger partial charge in [0, 0.05) is 24.9 Å². The molecule has 2 amide bonds. The molecule has 7 heteroatoms. The summed E-state index contributed by atoms with van der Waals surface area (Å²) in [5.74, 6) is 0.288. The first kappa shape index (κ1) is 19.6. The number of hydrogen-bond acceptors (Lipinski definition) is 4. The van der Waals surface area contributed by atoms with Gasteiger partial charge in [-0.3, -0.25) is 9.59 Å². The van der Waals surface area contributed by atoms with Gasteiger partial charge in [-0.05, 0) is 42.8 Å². The number of methoxy groups -OCH3 is 1. The Morgan fingerprint density at radius 1 is 1.04 bits per heavy atom. The van der Waals surface area contributed by atoms with Gasteiger partial charge in [-0.2, -0.15) is 0 Å². The number of aryl methyl sites for hydroxylation is 1. The van der Waals surface area contributed by atoms with E-state index in [1.165, 1.54) is 6.92 Å². The molecule has 6 nitrogen and oxygen atoms in total. The third-order valence-electron chi connectivity index (χ3n) is 3.59. The summed E-state index contributed by atoms with van der Waals surface area (Å²) in [6.07, 6.45) is 0.239. The van der Waals surface area contributed by atoms with E-state index in [2.05, 4.69) is 16.0 Å². The Balaban J connectivity index is 1.96. The van der Waals surface area contributed by atoms with Crippen LogP contribution in [0.2, 0.25) is 5.02 Å². The molecule has 2 rings (SSSR count). The summed E-state index contributed by atoms with van der Waals surface area (Å²) in [4.78, 5) is 23.5. The van der Waals surface area contributed by atoms with Gasteiger partial charge >= 0.3 is 0 Å². The highest BCUT2D eigenvalue weighted by Crippen LogP contribution is 2.27. The van der Waals surface area contributed by atoms with Crippen LogP contribution in [0.15, 0.2) is 36.4 Å². The molecule has 0 aliphatic rings. The first-order chi connectivity index (χ1) is 12.4. The fourth-order valence-electron chi connectivity index (χ4n) is 2.40. The van der Waals surface area contributed by atoms with Crippen molar-refractivity contribution in [2.45, 2.75) is 20.3 Å². The van der Waals surface area contributed by atoms with Crippen molar-refractivity contribution < 1.29 is 14.3 Å². The van der Waals surface area contributed by atoms with E-state index in [0.717, 1.165) is 11.3 Å². The summed E-state index contributed by atoms with van der Waals surface area (Å²) >= 11 is 5.99. The Bertz CT molecular complexity index is 809. The van der Waals surface area contributed by atoms with Crippen molar-refractivity contribution in [3.05, 3.63) is 47.0 Å². The smallest absolute Gasteiger partial charge is 0.226 e. The summed E-state index contributed by atoms with van der Waals surface area (Å²) in [6, 6.07) is 10.7. The largest absolute Gasteiger partial charge is 0.495 e. The molecule has 26 heavy (non-hydrogen) atoms. The lowest BCUT2D eigenvalue weighted by Gasteiger charge is -2.14. The predicted molar refractivity (Wildman–Crippen MR) is 105 cm³/mol. The lowest BCUT2D eigenvalue weighted by atomic mass is 10.2. The zero-order chi connectivity index (χ0) is 19.1. The summed E-state index contributed by atoms with van der Waals surface area (Å²) in [7, 11) is 1.57. The number of carbonyl (C=O) groups excluding carboxylic acids is 2. The second kappa shape index (κ2) is 9.10. The minimum absolute atomic E-state index is 0.171. The van der Waals surface area contributed by atoms with Crippen molar-refractivity contribution in [3.63, 3.8) is 0 Å². The molecule has 0 aliphatic heterocycles. The molecule has 2 aromatic carbocycles. The zero-order valence-corrected chi connectivity index (χ0v) is 15.7. The lowest BCUT2D eigenvalue weighted by Crippen LogP contribution is -2.18. The summed E-state index contributed by atoms with van der Waals surface area (Å²) in [5.41, 5.74) is 2.85. The van der Waals surface area contributed by atoms with Gasteiger partial charge < -0.3 is 20.7 Å². The molecule has 0 radical (unpaired) electrons. The molecule has 0 unspecified atom stereocenters. The Morgan fingerprint density at radius 3 is 2.50 bits per heavy atom. The average molecular weight is 376 g/mol. The number of ether oxygens (including phenoxy) is 1. The highest BCUT2D eigenvalue weighted by molar-refractivity contribution is 6.30. The molecule has 0 aliphatic carbocycles. The molecule has 0 saturated carbocycles. The second-order valence-corrected chi connectivity index (χ2v) is 6.24. The number of benzene rings is 2. The number of amides is 2. The van der Waals surface area contributed by atoms with E-state index in [4.69, 9.17) is 16.3 Å². The minimum atomic E-state index is -0.195. The van der Waals surface area contributed by atoms with E-state index in [1.54, 1.807) is 31.4 Å². The summed E-state index contributed by atoms with van der Waals surface area (Å²) < 4.78 is 5.26. The van der Waals surface area contributed by atoms with Gasteiger partial charge in [0.25, 0.3) is 0 Å². The maximum atomic E-state index is 12.3. The highest BCUT2D eigenvalue weighted by Gasteiger charge is 2.09. The van der Waals surface area contributed by atoms with Crippen LogP contribution in [-0.4, -0.2) is 25.5 Å². The minimum Gasteiger partial charge on any atom is -0.495 e. The van der Waals surface area contributed by atoms with Crippen LogP contribution in [0.4, 0.5) is 17.1 Å². The molecular formula is C19H22ClN3O3. The Labute approximate surface area is 157 Å². The highest BCUT2D eigenvalue weighted by atomic mass is 35.5. The first-order valence-corrected chi connectivity index (χ1v) is 8.52. The molecule has 0 aromatic heterocycles. The van der Waals surface area contributed by atoms with Gasteiger partial charge in [0.2, 0.25) is 11.8 Å².